The third kappa shape index (κ3) is 31.8. The van der Waals surface area contributed by atoms with Crippen molar-refractivity contribution in [1.29, 1.82) is 0 Å². The van der Waals surface area contributed by atoms with Crippen LogP contribution in [0.4, 0.5) is 14.4 Å². The summed E-state index contributed by atoms with van der Waals surface area (Å²) in [5.41, 5.74) is 0. The summed E-state index contributed by atoms with van der Waals surface area (Å²) >= 11 is 0. The molecule has 0 bridgehead atoms. The van der Waals surface area contributed by atoms with Crippen LogP contribution in [0.5, 0.6) is 0 Å². The fourth-order valence-electron chi connectivity index (χ4n) is 0.163. The SMILES string of the molecule is O.O=C(O)OC(=O)OC(=O)O.[H-].[H-].[H-].[H-].[K+].[K+].[Na+].[Na+]. The van der Waals surface area contributed by atoms with Crippen LogP contribution < -0.4 is 162 Å². The standard InChI is InChI=1S/C3H2O7.2K.2Na.H2O.4H/c4-1(5)9-3(8)10-2(6)7;;;;;;;;;/h(H,4,5)(H,6,7);;;;;1H2;;;;/q;4*+1;;4*-1. The van der Waals surface area contributed by atoms with E-state index in [0.29, 0.717) is 0 Å². The minimum atomic E-state index is -1.92. The summed E-state index contributed by atoms with van der Waals surface area (Å²) < 4.78 is 6.47. The normalized spacial score (nSPS) is 5.33. The molecule has 0 saturated heterocycles. The molecule has 15 heavy (non-hydrogen) atoms. The topological polar surface area (TPSA) is 142 Å². The molecule has 0 aliphatic carbocycles. The first kappa shape index (κ1) is 36.2. The molecular formula is C3H8K2Na2O8. The Hall–Kier alpha value is 3.44. The Balaban J connectivity index is -0.0000000112. The maximum absolute atomic E-state index is 9.86. The molecule has 72 valence electrons. The van der Waals surface area contributed by atoms with Crippen molar-refractivity contribution >= 4 is 18.5 Å². The summed E-state index contributed by atoms with van der Waals surface area (Å²) in [6.07, 6.45) is -5.64. The van der Waals surface area contributed by atoms with Crippen molar-refractivity contribution < 1.29 is 207 Å². The molecule has 0 atom stereocenters. The van der Waals surface area contributed by atoms with Crippen molar-refractivity contribution in [3.05, 3.63) is 0 Å². The maximum Gasteiger partial charge on any atom is 1.00 e. The molecule has 0 fully saturated rings. The zero-order valence-electron chi connectivity index (χ0n) is 12.9. The van der Waals surface area contributed by atoms with E-state index in [1.807, 2.05) is 0 Å². The van der Waals surface area contributed by atoms with E-state index in [1.54, 1.807) is 0 Å². The smallest absolute Gasteiger partial charge is 1.00 e. The van der Waals surface area contributed by atoms with Gasteiger partial charge in [-0.15, -0.1) is 0 Å². The molecule has 0 aromatic carbocycles. The van der Waals surface area contributed by atoms with Crippen molar-refractivity contribution in [1.82, 2.24) is 0 Å². The molecule has 0 heterocycles. The van der Waals surface area contributed by atoms with Crippen molar-refractivity contribution in [2.75, 3.05) is 0 Å². The Morgan fingerprint density at radius 1 is 0.867 bits per heavy atom. The van der Waals surface area contributed by atoms with E-state index in [0.717, 1.165) is 0 Å². The Labute approximate surface area is 220 Å². The van der Waals surface area contributed by atoms with Gasteiger partial charge in [0.1, 0.15) is 0 Å². The van der Waals surface area contributed by atoms with Gasteiger partial charge in [-0.05, 0) is 0 Å². The third-order valence-corrected chi connectivity index (χ3v) is 0.341. The molecule has 0 aliphatic rings. The fraction of sp³-hybridized carbons (Fsp3) is 0. The molecule has 0 aliphatic heterocycles. The van der Waals surface area contributed by atoms with E-state index < -0.39 is 18.5 Å². The minimum absolute atomic E-state index is 0. The van der Waals surface area contributed by atoms with Crippen LogP contribution in [0.3, 0.4) is 0 Å². The van der Waals surface area contributed by atoms with E-state index in [1.165, 1.54) is 0 Å². The molecule has 0 aromatic heterocycles. The molecule has 8 nitrogen and oxygen atoms in total. The Bertz CT molecular complexity index is 183. The van der Waals surface area contributed by atoms with E-state index in [4.69, 9.17) is 10.2 Å². The number of hydrogen-bond acceptors (Lipinski definition) is 5. The Kier molecular flexibility index (Phi) is 54.6. The predicted molar refractivity (Wildman–Crippen MR) is 31.7 cm³/mol. The van der Waals surface area contributed by atoms with Crippen LogP contribution in [0.25, 0.3) is 0 Å². The number of rotatable bonds is 0. The van der Waals surface area contributed by atoms with Crippen molar-refractivity contribution in [2.45, 2.75) is 0 Å². The molecule has 0 radical (unpaired) electrons. The van der Waals surface area contributed by atoms with Crippen molar-refractivity contribution in [3.8, 4) is 0 Å². The van der Waals surface area contributed by atoms with E-state index >= 15 is 0 Å². The molecule has 0 amide bonds. The van der Waals surface area contributed by atoms with E-state index in [9.17, 15) is 14.4 Å². The van der Waals surface area contributed by atoms with Gasteiger partial charge in [-0.3, -0.25) is 0 Å². The number of ether oxygens (including phenoxy) is 2. The second-order valence-electron chi connectivity index (χ2n) is 0.986. The molecule has 12 heteroatoms. The van der Waals surface area contributed by atoms with Crippen LogP contribution in [0, 0.1) is 0 Å². The van der Waals surface area contributed by atoms with Crippen LogP contribution in [0.1, 0.15) is 5.71 Å². The number of carbonyl (C=O) groups excluding carboxylic acids is 1. The van der Waals surface area contributed by atoms with Crippen LogP contribution in [-0.4, -0.2) is 34.2 Å². The first-order valence-corrected chi connectivity index (χ1v) is 1.88. The average Bonchev–Trinajstić information content (AvgIpc) is 1.58. The zero-order valence-corrected chi connectivity index (χ0v) is 19.2. The van der Waals surface area contributed by atoms with Crippen LogP contribution in [-0.2, 0) is 9.47 Å². The summed E-state index contributed by atoms with van der Waals surface area (Å²) in [5, 5.41) is 15.4. The average molecular weight is 296 g/mol. The quantitative estimate of drug-likeness (QED) is 0.257. The van der Waals surface area contributed by atoms with Gasteiger partial charge >= 0.3 is 180 Å². The summed E-state index contributed by atoms with van der Waals surface area (Å²) in [7, 11) is 0. The van der Waals surface area contributed by atoms with Gasteiger partial charge in [0, 0.05) is 0 Å². The Morgan fingerprint density at radius 2 is 1.07 bits per heavy atom. The molecule has 0 unspecified atom stereocenters. The van der Waals surface area contributed by atoms with Crippen molar-refractivity contribution in [2.24, 2.45) is 0 Å². The van der Waals surface area contributed by atoms with Gasteiger partial charge in [-0.2, -0.15) is 0 Å². The summed E-state index contributed by atoms with van der Waals surface area (Å²) in [5.74, 6) is 0. The van der Waals surface area contributed by atoms with Crippen LogP contribution >= 0.6 is 0 Å². The second kappa shape index (κ2) is 22.6. The van der Waals surface area contributed by atoms with E-state index in [-0.39, 0.29) is 173 Å². The van der Waals surface area contributed by atoms with Gasteiger partial charge in [0.15, 0.2) is 0 Å². The number of carbonyl (C=O) groups is 3. The molecule has 0 rings (SSSR count). The molecule has 0 spiro atoms. The van der Waals surface area contributed by atoms with Crippen molar-refractivity contribution in [3.63, 3.8) is 0 Å². The fourth-order valence-corrected chi connectivity index (χ4v) is 0.163. The van der Waals surface area contributed by atoms with Crippen LogP contribution in [0.15, 0.2) is 0 Å². The zero-order chi connectivity index (χ0) is 8.15. The monoisotopic (exact) mass is 296 g/mol. The minimum Gasteiger partial charge on any atom is -1.00 e. The van der Waals surface area contributed by atoms with E-state index in [2.05, 4.69) is 9.47 Å². The third-order valence-electron chi connectivity index (χ3n) is 0.341. The maximum atomic E-state index is 9.86. The summed E-state index contributed by atoms with van der Waals surface area (Å²) in [6, 6.07) is 0. The van der Waals surface area contributed by atoms with Gasteiger partial charge < -0.3 is 30.9 Å². The second-order valence-corrected chi connectivity index (χ2v) is 0.986. The first-order valence-electron chi connectivity index (χ1n) is 1.88. The van der Waals surface area contributed by atoms with Gasteiger partial charge in [0.25, 0.3) is 0 Å². The molecule has 0 aromatic rings. The predicted octanol–water partition coefficient (Wildman–Crippen LogP) is -11.9. The summed E-state index contributed by atoms with van der Waals surface area (Å²) in [6.45, 7) is 0. The van der Waals surface area contributed by atoms with Gasteiger partial charge in [0.2, 0.25) is 0 Å². The summed E-state index contributed by atoms with van der Waals surface area (Å²) in [4.78, 5) is 28.8. The van der Waals surface area contributed by atoms with Gasteiger partial charge in [0.05, 0.1) is 0 Å². The van der Waals surface area contributed by atoms with Gasteiger partial charge in [-0.25, -0.2) is 14.4 Å². The molecule has 0 saturated carbocycles. The first-order chi connectivity index (χ1) is 4.52. The number of carboxylic acid groups (broad SMARTS) is 2. The van der Waals surface area contributed by atoms with Gasteiger partial charge in [-0.1, -0.05) is 0 Å². The largest absolute Gasteiger partial charge is 1.00 e. The molecule has 4 N–H and O–H groups in total. The van der Waals surface area contributed by atoms with Crippen LogP contribution in [0.2, 0.25) is 0 Å². The Morgan fingerprint density at radius 3 is 1.20 bits per heavy atom. The number of hydrogen-bond donors (Lipinski definition) is 2. The molecular weight excluding hydrogens is 288 g/mol.